The molecule has 7 heteroatoms. The second-order valence-corrected chi connectivity index (χ2v) is 6.49. The Bertz CT molecular complexity index is 971. The number of hydrogen-bond acceptors (Lipinski definition) is 6. The highest BCUT2D eigenvalue weighted by Gasteiger charge is 2.10. The number of halogens is 1. The maximum atomic E-state index is 11.7. The van der Waals surface area contributed by atoms with Gasteiger partial charge in [0.05, 0.1) is 23.4 Å². The van der Waals surface area contributed by atoms with Crippen LogP contribution in [-0.2, 0) is 4.74 Å². The molecule has 0 unspecified atom stereocenters. The minimum Gasteiger partial charge on any atom is -0.465 e. The van der Waals surface area contributed by atoms with Crippen LogP contribution >= 0.6 is 11.6 Å². The minimum absolute atomic E-state index is 0.355. The molecule has 1 heterocycles. The zero-order chi connectivity index (χ0) is 19.4. The van der Waals surface area contributed by atoms with Gasteiger partial charge >= 0.3 is 5.97 Å². The van der Waals surface area contributed by atoms with Gasteiger partial charge in [-0.2, -0.15) is 4.98 Å². The summed E-state index contributed by atoms with van der Waals surface area (Å²) in [7, 11) is 1.33. The van der Waals surface area contributed by atoms with E-state index < -0.39 is 5.97 Å². The van der Waals surface area contributed by atoms with Gasteiger partial charge in [0.25, 0.3) is 0 Å². The summed E-state index contributed by atoms with van der Waals surface area (Å²) in [6, 6.07) is 12.8. The van der Waals surface area contributed by atoms with Crippen molar-refractivity contribution in [2.45, 2.75) is 13.8 Å². The van der Waals surface area contributed by atoms with Crippen molar-refractivity contribution in [3.63, 3.8) is 0 Å². The summed E-state index contributed by atoms with van der Waals surface area (Å²) < 4.78 is 4.74. The van der Waals surface area contributed by atoms with E-state index in [1.165, 1.54) is 7.11 Å². The van der Waals surface area contributed by atoms with Crippen LogP contribution < -0.4 is 10.6 Å². The fourth-order valence-electron chi connectivity index (χ4n) is 2.67. The van der Waals surface area contributed by atoms with E-state index in [0.29, 0.717) is 28.0 Å². The average molecular weight is 383 g/mol. The van der Waals surface area contributed by atoms with Gasteiger partial charge in [-0.3, -0.25) is 0 Å². The number of carbonyl (C=O) groups is 1. The molecule has 0 radical (unpaired) electrons. The van der Waals surface area contributed by atoms with Gasteiger partial charge in [0.1, 0.15) is 5.82 Å². The maximum Gasteiger partial charge on any atom is 0.337 e. The molecule has 0 atom stereocenters. The van der Waals surface area contributed by atoms with Crippen molar-refractivity contribution in [2.75, 3.05) is 17.7 Å². The predicted octanol–water partition coefficient (Wildman–Crippen LogP) is 5.02. The number of aromatic nitrogens is 2. The van der Waals surface area contributed by atoms with Gasteiger partial charge in [-0.25, -0.2) is 9.78 Å². The summed E-state index contributed by atoms with van der Waals surface area (Å²) in [5.41, 5.74) is 4.17. The van der Waals surface area contributed by atoms with Crippen molar-refractivity contribution in [1.29, 1.82) is 0 Å². The van der Waals surface area contributed by atoms with Crippen LogP contribution in [0.3, 0.4) is 0 Å². The van der Waals surface area contributed by atoms with Crippen LogP contribution in [-0.4, -0.2) is 23.0 Å². The number of rotatable bonds is 5. The summed E-state index contributed by atoms with van der Waals surface area (Å²) in [5.74, 6) is 0.548. The van der Waals surface area contributed by atoms with Gasteiger partial charge in [0.2, 0.25) is 5.95 Å². The number of esters is 1. The third kappa shape index (κ3) is 4.74. The third-order valence-corrected chi connectivity index (χ3v) is 4.11. The molecule has 0 bridgehead atoms. The highest BCUT2D eigenvalue weighted by atomic mass is 35.5. The van der Waals surface area contributed by atoms with E-state index in [4.69, 9.17) is 16.3 Å². The molecule has 6 nitrogen and oxygen atoms in total. The van der Waals surface area contributed by atoms with E-state index >= 15 is 0 Å². The molecule has 0 aliphatic carbocycles. The lowest BCUT2D eigenvalue weighted by Gasteiger charge is -2.11. The van der Waals surface area contributed by atoms with Crippen molar-refractivity contribution in [2.24, 2.45) is 0 Å². The monoisotopic (exact) mass is 382 g/mol. The molecule has 1 aromatic heterocycles. The smallest absolute Gasteiger partial charge is 0.337 e. The number of methoxy groups -OCH3 is 1. The van der Waals surface area contributed by atoms with E-state index in [9.17, 15) is 4.79 Å². The number of hydrogen-bond donors (Lipinski definition) is 2. The Balaban J connectivity index is 1.83. The van der Waals surface area contributed by atoms with Crippen LogP contribution in [0.5, 0.6) is 0 Å². The second kappa shape index (κ2) is 8.05. The topological polar surface area (TPSA) is 76.1 Å². The number of ether oxygens (including phenoxy) is 1. The lowest BCUT2D eigenvalue weighted by molar-refractivity contribution is 0.0601. The van der Waals surface area contributed by atoms with Crippen molar-refractivity contribution < 1.29 is 9.53 Å². The molecule has 0 aliphatic heterocycles. The number of aryl methyl sites for hydroxylation is 2. The van der Waals surface area contributed by atoms with Crippen molar-refractivity contribution in [3.8, 4) is 0 Å². The molecule has 0 saturated heterocycles. The Hall–Kier alpha value is -3.12. The van der Waals surface area contributed by atoms with Gasteiger partial charge in [-0.1, -0.05) is 17.7 Å². The van der Waals surface area contributed by atoms with Crippen LogP contribution in [0.1, 0.15) is 21.5 Å². The quantitative estimate of drug-likeness (QED) is 0.603. The number of nitrogens with one attached hydrogen (secondary N) is 2. The summed E-state index contributed by atoms with van der Waals surface area (Å²) in [6.45, 7) is 4.09. The van der Waals surface area contributed by atoms with Crippen LogP contribution in [0.4, 0.5) is 23.1 Å². The van der Waals surface area contributed by atoms with Gasteiger partial charge in [0, 0.05) is 11.9 Å². The highest BCUT2D eigenvalue weighted by molar-refractivity contribution is 6.33. The zero-order valence-corrected chi connectivity index (χ0v) is 16.0. The number of nitrogens with zero attached hydrogens (tertiary/aromatic N) is 2. The molecular formula is C20H19ClN4O2. The molecule has 3 aromatic rings. The maximum absolute atomic E-state index is 11.7. The van der Waals surface area contributed by atoms with E-state index in [2.05, 4.69) is 26.7 Å². The van der Waals surface area contributed by atoms with Gasteiger partial charge in [-0.05, 0) is 61.4 Å². The van der Waals surface area contributed by atoms with E-state index in [1.54, 1.807) is 30.5 Å². The minimum atomic E-state index is -0.444. The molecule has 27 heavy (non-hydrogen) atoms. The van der Waals surface area contributed by atoms with Crippen LogP contribution in [0, 0.1) is 13.8 Å². The summed E-state index contributed by atoms with van der Waals surface area (Å²) in [4.78, 5) is 20.4. The Kier molecular flexibility index (Phi) is 5.57. The molecule has 0 aliphatic rings. The van der Waals surface area contributed by atoms with Crippen molar-refractivity contribution >= 4 is 40.7 Å². The normalized spacial score (nSPS) is 10.4. The molecule has 0 saturated carbocycles. The average Bonchev–Trinajstić information content (AvgIpc) is 2.62. The summed E-state index contributed by atoms with van der Waals surface area (Å²) in [6.07, 6.45) is 1.64. The molecule has 2 aromatic carbocycles. The fraction of sp³-hybridized carbons (Fsp3) is 0.150. The van der Waals surface area contributed by atoms with Gasteiger partial charge in [-0.15, -0.1) is 0 Å². The lowest BCUT2D eigenvalue weighted by atomic mass is 10.1. The first-order chi connectivity index (χ1) is 12.9. The first-order valence-electron chi connectivity index (χ1n) is 8.28. The van der Waals surface area contributed by atoms with Gasteiger partial charge in [0.15, 0.2) is 0 Å². The number of benzene rings is 2. The third-order valence-electron chi connectivity index (χ3n) is 3.78. The van der Waals surface area contributed by atoms with Crippen molar-refractivity contribution in [1.82, 2.24) is 9.97 Å². The SMILES string of the molecule is COC(=O)c1ccc(Cl)c(Nc2nccc(Nc3cc(C)cc(C)c3)n2)c1. The van der Waals surface area contributed by atoms with Crippen LogP contribution in [0.2, 0.25) is 5.02 Å². The Morgan fingerprint density at radius 2 is 1.78 bits per heavy atom. The molecule has 2 N–H and O–H groups in total. The Morgan fingerprint density at radius 1 is 1.04 bits per heavy atom. The Morgan fingerprint density at radius 3 is 2.48 bits per heavy atom. The van der Waals surface area contributed by atoms with Gasteiger partial charge < -0.3 is 15.4 Å². The van der Waals surface area contributed by atoms with Crippen LogP contribution in [0.15, 0.2) is 48.7 Å². The molecule has 0 amide bonds. The zero-order valence-electron chi connectivity index (χ0n) is 15.2. The number of carbonyl (C=O) groups excluding carboxylic acids is 1. The lowest BCUT2D eigenvalue weighted by Crippen LogP contribution is -2.04. The summed E-state index contributed by atoms with van der Waals surface area (Å²) >= 11 is 6.21. The van der Waals surface area contributed by atoms with E-state index in [-0.39, 0.29) is 0 Å². The molecule has 0 spiro atoms. The molecular weight excluding hydrogens is 364 g/mol. The molecule has 3 rings (SSSR count). The van der Waals surface area contributed by atoms with Crippen LogP contribution in [0.25, 0.3) is 0 Å². The molecule has 0 fully saturated rings. The van der Waals surface area contributed by atoms with E-state index in [1.807, 2.05) is 26.0 Å². The standard InChI is InChI=1S/C20H19ClN4O2/c1-12-8-13(2)10-15(9-12)23-18-6-7-22-20(25-18)24-17-11-14(19(26)27-3)4-5-16(17)21/h4-11H,1-3H3,(H2,22,23,24,25). The fourth-order valence-corrected chi connectivity index (χ4v) is 2.83. The Labute approximate surface area is 162 Å². The predicted molar refractivity (Wildman–Crippen MR) is 107 cm³/mol. The first kappa shape index (κ1) is 18.7. The first-order valence-corrected chi connectivity index (χ1v) is 8.65. The van der Waals surface area contributed by atoms with Crippen molar-refractivity contribution in [3.05, 3.63) is 70.4 Å². The largest absolute Gasteiger partial charge is 0.465 e. The van der Waals surface area contributed by atoms with E-state index in [0.717, 1.165) is 16.8 Å². The molecule has 138 valence electrons. The summed E-state index contributed by atoms with van der Waals surface area (Å²) in [5, 5.41) is 6.75. The second-order valence-electron chi connectivity index (χ2n) is 6.08. The highest BCUT2D eigenvalue weighted by Crippen LogP contribution is 2.26. The number of anilines is 4.